The smallest absolute Gasteiger partial charge is 0.138 e. The average Bonchev–Trinajstić information content (AvgIpc) is 1.83. The average molecular weight is 172 g/mol. The van der Waals surface area contributed by atoms with Gasteiger partial charge in [0.25, 0.3) is 0 Å². The number of hydrogen-bond acceptors (Lipinski definition) is 2. The molecular formula is C10H20O2. The van der Waals surface area contributed by atoms with Crippen LogP contribution in [0.25, 0.3) is 0 Å². The quantitative estimate of drug-likeness (QED) is 0.691. The van der Waals surface area contributed by atoms with Crippen molar-refractivity contribution in [2.45, 2.75) is 47.6 Å². The Hall–Kier alpha value is -0.370. The number of ketones is 1. The van der Waals surface area contributed by atoms with E-state index >= 15 is 0 Å². The largest absolute Gasteiger partial charge is 0.392 e. The van der Waals surface area contributed by atoms with E-state index in [1.165, 1.54) is 6.92 Å². The molecule has 1 unspecified atom stereocenters. The third-order valence-electron chi connectivity index (χ3n) is 2.41. The van der Waals surface area contributed by atoms with Crippen molar-refractivity contribution >= 4 is 5.78 Å². The number of carbonyl (C=O) groups is 1. The summed E-state index contributed by atoms with van der Waals surface area (Å²) in [6.45, 7) is 10.9. The first kappa shape index (κ1) is 11.6. The maximum Gasteiger partial charge on any atom is 0.138 e. The molecule has 2 heteroatoms. The van der Waals surface area contributed by atoms with E-state index in [4.69, 9.17) is 0 Å². The molecule has 0 aliphatic heterocycles. The number of hydrogen-bond donors (Lipinski definition) is 1. The van der Waals surface area contributed by atoms with E-state index in [2.05, 4.69) is 0 Å². The topological polar surface area (TPSA) is 37.3 Å². The molecule has 0 aromatic heterocycles. The van der Waals surface area contributed by atoms with E-state index in [0.717, 1.165) is 0 Å². The van der Waals surface area contributed by atoms with Gasteiger partial charge in [0.2, 0.25) is 0 Å². The molecule has 0 aromatic rings. The summed E-state index contributed by atoms with van der Waals surface area (Å²) in [7, 11) is 0. The van der Waals surface area contributed by atoms with E-state index < -0.39 is 11.5 Å². The van der Waals surface area contributed by atoms with Crippen LogP contribution in [0.1, 0.15) is 41.5 Å². The summed E-state index contributed by atoms with van der Waals surface area (Å²) >= 11 is 0. The summed E-state index contributed by atoms with van der Waals surface area (Å²) in [5.74, 6) is 0.0323. The minimum absolute atomic E-state index is 0.0323. The van der Waals surface area contributed by atoms with Crippen LogP contribution < -0.4 is 0 Å². The van der Waals surface area contributed by atoms with Crippen LogP contribution >= 0.6 is 0 Å². The highest BCUT2D eigenvalue weighted by Gasteiger charge is 2.39. The molecule has 2 nitrogen and oxygen atoms in total. The Morgan fingerprint density at radius 3 is 1.58 bits per heavy atom. The Bertz CT molecular complexity index is 175. The zero-order chi connectivity index (χ0) is 10.2. The summed E-state index contributed by atoms with van der Waals surface area (Å²) in [5, 5.41) is 9.86. The normalized spacial score (nSPS) is 15.9. The Balaban J connectivity index is 4.69. The highest BCUT2D eigenvalue weighted by Crippen LogP contribution is 2.34. The predicted octanol–water partition coefficient (Wildman–Crippen LogP) is 2.01. The van der Waals surface area contributed by atoms with Crippen molar-refractivity contribution < 1.29 is 9.90 Å². The maximum absolute atomic E-state index is 11.2. The second kappa shape index (κ2) is 3.17. The highest BCUT2D eigenvalue weighted by atomic mass is 16.3. The molecule has 0 spiro atoms. The third-order valence-corrected chi connectivity index (χ3v) is 2.41. The van der Waals surface area contributed by atoms with Gasteiger partial charge in [0, 0.05) is 5.41 Å². The van der Waals surface area contributed by atoms with E-state index in [9.17, 15) is 9.90 Å². The molecule has 0 aromatic carbocycles. The first-order valence-electron chi connectivity index (χ1n) is 4.29. The lowest BCUT2D eigenvalue weighted by Crippen LogP contribution is -2.44. The lowest BCUT2D eigenvalue weighted by Gasteiger charge is -2.37. The maximum atomic E-state index is 11.2. The van der Waals surface area contributed by atoms with Crippen molar-refractivity contribution in [3.05, 3.63) is 0 Å². The van der Waals surface area contributed by atoms with Crippen molar-refractivity contribution in [1.82, 2.24) is 0 Å². The molecule has 0 fully saturated rings. The molecule has 0 rings (SSSR count). The summed E-state index contributed by atoms with van der Waals surface area (Å²) in [5.41, 5.74) is -0.882. The van der Waals surface area contributed by atoms with Gasteiger partial charge in [-0.25, -0.2) is 0 Å². The van der Waals surface area contributed by atoms with Gasteiger partial charge < -0.3 is 5.11 Å². The van der Waals surface area contributed by atoms with Gasteiger partial charge >= 0.3 is 0 Å². The van der Waals surface area contributed by atoms with Crippen molar-refractivity contribution in [3.63, 3.8) is 0 Å². The Morgan fingerprint density at radius 2 is 1.50 bits per heavy atom. The van der Waals surface area contributed by atoms with Crippen LogP contribution in [0.2, 0.25) is 0 Å². The fourth-order valence-corrected chi connectivity index (χ4v) is 1.28. The third kappa shape index (κ3) is 2.31. The molecule has 0 aliphatic rings. The van der Waals surface area contributed by atoms with Crippen molar-refractivity contribution in [1.29, 1.82) is 0 Å². The molecule has 0 heterocycles. The molecule has 72 valence electrons. The van der Waals surface area contributed by atoms with Crippen molar-refractivity contribution in [3.8, 4) is 0 Å². The van der Waals surface area contributed by atoms with Crippen molar-refractivity contribution in [2.24, 2.45) is 10.8 Å². The Morgan fingerprint density at radius 1 is 1.17 bits per heavy atom. The van der Waals surface area contributed by atoms with Gasteiger partial charge in [0.1, 0.15) is 5.78 Å². The van der Waals surface area contributed by atoms with Crippen LogP contribution in [-0.4, -0.2) is 17.0 Å². The van der Waals surface area contributed by atoms with Gasteiger partial charge in [-0.15, -0.1) is 0 Å². The van der Waals surface area contributed by atoms with Gasteiger partial charge in [0.15, 0.2) is 0 Å². The zero-order valence-corrected chi connectivity index (χ0v) is 8.93. The SMILES string of the molecule is CC(=O)C(C)(C)C(O)C(C)(C)C. The minimum Gasteiger partial charge on any atom is -0.392 e. The summed E-state index contributed by atoms with van der Waals surface area (Å²) in [4.78, 5) is 11.2. The standard InChI is InChI=1S/C10H20O2/c1-7(11)10(5,6)8(12)9(2,3)4/h8,12H,1-6H3. The van der Waals surface area contributed by atoms with Crippen LogP contribution in [-0.2, 0) is 4.79 Å². The minimum atomic E-state index is -0.641. The predicted molar refractivity (Wildman–Crippen MR) is 49.9 cm³/mol. The molecular weight excluding hydrogens is 152 g/mol. The zero-order valence-electron chi connectivity index (χ0n) is 8.93. The van der Waals surface area contributed by atoms with Crippen LogP contribution in [0.4, 0.5) is 0 Å². The van der Waals surface area contributed by atoms with E-state index in [1.807, 2.05) is 20.8 Å². The Kier molecular flexibility index (Phi) is 3.07. The molecule has 0 saturated heterocycles. The molecule has 1 atom stereocenters. The second-order valence-electron chi connectivity index (χ2n) is 5.05. The van der Waals surface area contributed by atoms with Gasteiger partial charge in [-0.3, -0.25) is 4.79 Å². The van der Waals surface area contributed by atoms with Gasteiger partial charge in [-0.05, 0) is 12.3 Å². The molecule has 0 amide bonds. The Labute approximate surface area is 75.0 Å². The lowest BCUT2D eigenvalue weighted by molar-refractivity contribution is -0.135. The van der Waals surface area contributed by atoms with E-state index in [1.54, 1.807) is 13.8 Å². The molecule has 12 heavy (non-hydrogen) atoms. The van der Waals surface area contributed by atoms with Crippen LogP contribution in [0.5, 0.6) is 0 Å². The van der Waals surface area contributed by atoms with E-state index in [-0.39, 0.29) is 11.2 Å². The molecule has 0 bridgehead atoms. The first-order chi connectivity index (χ1) is 5.10. The second-order valence-corrected chi connectivity index (χ2v) is 5.05. The van der Waals surface area contributed by atoms with E-state index in [0.29, 0.717) is 0 Å². The van der Waals surface area contributed by atoms with Crippen molar-refractivity contribution in [2.75, 3.05) is 0 Å². The molecule has 0 aliphatic carbocycles. The summed E-state index contributed by atoms with van der Waals surface area (Å²) in [6.07, 6.45) is -0.595. The van der Waals surface area contributed by atoms with Gasteiger partial charge in [0.05, 0.1) is 6.10 Å². The number of aliphatic hydroxyl groups is 1. The van der Waals surface area contributed by atoms with Gasteiger partial charge in [-0.1, -0.05) is 34.6 Å². The fraction of sp³-hybridized carbons (Fsp3) is 0.900. The number of carbonyl (C=O) groups excluding carboxylic acids is 1. The monoisotopic (exact) mass is 172 g/mol. The number of Topliss-reactive ketones (excluding diaryl/α,β-unsaturated/α-hetero) is 1. The number of rotatable bonds is 2. The van der Waals surface area contributed by atoms with Gasteiger partial charge in [-0.2, -0.15) is 0 Å². The first-order valence-corrected chi connectivity index (χ1v) is 4.29. The molecule has 0 saturated carbocycles. The van der Waals surface area contributed by atoms with Crippen LogP contribution in [0.3, 0.4) is 0 Å². The lowest BCUT2D eigenvalue weighted by atomic mass is 9.71. The van der Waals surface area contributed by atoms with Crippen LogP contribution in [0, 0.1) is 10.8 Å². The molecule has 0 radical (unpaired) electrons. The summed E-state index contributed by atoms with van der Waals surface area (Å²) < 4.78 is 0. The number of aliphatic hydroxyl groups excluding tert-OH is 1. The molecule has 1 N–H and O–H groups in total. The fourth-order valence-electron chi connectivity index (χ4n) is 1.28. The highest BCUT2D eigenvalue weighted by molar-refractivity contribution is 5.82. The van der Waals surface area contributed by atoms with Crippen LogP contribution in [0.15, 0.2) is 0 Å². The summed E-state index contributed by atoms with van der Waals surface area (Å²) in [6, 6.07) is 0.